The lowest BCUT2D eigenvalue weighted by atomic mass is 10.2. The molecule has 108 valence electrons. The maximum absolute atomic E-state index is 12.3. The van der Waals surface area contributed by atoms with Gasteiger partial charge in [-0.25, -0.2) is 4.98 Å². The third-order valence-corrected chi connectivity index (χ3v) is 4.06. The van der Waals surface area contributed by atoms with Gasteiger partial charge in [0, 0.05) is 5.56 Å². The number of hydrogen-bond acceptors (Lipinski definition) is 6. The SMILES string of the molecule is O=c1c2ccsc2ncn1Cc1nnc(-c2ccccc2)o1. The van der Waals surface area contributed by atoms with Crippen molar-refractivity contribution in [1.82, 2.24) is 19.7 Å². The highest BCUT2D eigenvalue weighted by Gasteiger charge is 2.11. The molecule has 0 aliphatic carbocycles. The second kappa shape index (κ2) is 5.19. The zero-order valence-corrected chi connectivity index (χ0v) is 12.2. The first-order valence-corrected chi connectivity index (χ1v) is 7.50. The smallest absolute Gasteiger partial charge is 0.262 e. The lowest BCUT2D eigenvalue weighted by Gasteiger charge is -2.00. The molecule has 0 saturated carbocycles. The third-order valence-electron chi connectivity index (χ3n) is 3.24. The normalized spacial score (nSPS) is 11.1. The van der Waals surface area contributed by atoms with Crippen LogP contribution in [0.5, 0.6) is 0 Å². The minimum atomic E-state index is -0.106. The largest absolute Gasteiger partial charge is 0.419 e. The second-order valence-corrected chi connectivity index (χ2v) is 5.58. The molecule has 0 saturated heterocycles. The van der Waals surface area contributed by atoms with Gasteiger partial charge in [-0.2, -0.15) is 0 Å². The van der Waals surface area contributed by atoms with Gasteiger partial charge in [0.05, 0.1) is 11.7 Å². The lowest BCUT2D eigenvalue weighted by molar-refractivity contribution is 0.483. The molecule has 22 heavy (non-hydrogen) atoms. The molecule has 0 fully saturated rings. The highest BCUT2D eigenvalue weighted by atomic mass is 32.1. The van der Waals surface area contributed by atoms with E-state index in [1.165, 1.54) is 22.2 Å². The minimum Gasteiger partial charge on any atom is -0.419 e. The number of thiophene rings is 1. The van der Waals surface area contributed by atoms with Crippen LogP contribution in [0.2, 0.25) is 0 Å². The van der Waals surface area contributed by atoms with Crippen molar-refractivity contribution < 1.29 is 4.42 Å². The Bertz CT molecular complexity index is 987. The average Bonchev–Trinajstić information content (AvgIpc) is 3.20. The van der Waals surface area contributed by atoms with Crippen molar-refractivity contribution in [2.24, 2.45) is 0 Å². The Balaban J connectivity index is 1.67. The van der Waals surface area contributed by atoms with Gasteiger partial charge in [-0.1, -0.05) is 18.2 Å². The molecule has 0 spiro atoms. The van der Waals surface area contributed by atoms with E-state index in [0.29, 0.717) is 17.2 Å². The first kappa shape index (κ1) is 12.9. The van der Waals surface area contributed by atoms with Crippen LogP contribution < -0.4 is 5.56 Å². The maximum Gasteiger partial charge on any atom is 0.262 e. The Labute approximate surface area is 128 Å². The summed E-state index contributed by atoms with van der Waals surface area (Å²) in [5, 5.41) is 10.5. The molecule has 0 atom stereocenters. The van der Waals surface area contributed by atoms with Gasteiger partial charge in [-0.3, -0.25) is 9.36 Å². The summed E-state index contributed by atoms with van der Waals surface area (Å²) in [5.74, 6) is 0.811. The van der Waals surface area contributed by atoms with Crippen LogP contribution in [0.25, 0.3) is 21.7 Å². The van der Waals surface area contributed by atoms with Crippen LogP contribution in [-0.2, 0) is 6.54 Å². The molecule has 0 amide bonds. The van der Waals surface area contributed by atoms with Crippen molar-refractivity contribution in [1.29, 1.82) is 0 Å². The predicted molar refractivity (Wildman–Crippen MR) is 82.7 cm³/mol. The monoisotopic (exact) mass is 310 g/mol. The van der Waals surface area contributed by atoms with Crippen LogP contribution in [0.3, 0.4) is 0 Å². The van der Waals surface area contributed by atoms with Crippen molar-refractivity contribution in [3.8, 4) is 11.5 Å². The molecule has 6 nitrogen and oxygen atoms in total. The zero-order valence-electron chi connectivity index (χ0n) is 11.3. The fourth-order valence-electron chi connectivity index (χ4n) is 2.17. The average molecular weight is 310 g/mol. The molecule has 3 aromatic heterocycles. The van der Waals surface area contributed by atoms with E-state index in [1.807, 2.05) is 35.7 Å². The van der Waals surface area contributed by atoms with Gasteiger partial charge in [-0.15, -0.1) is 21.5 Å². The number of hydrogen-bond donors (Lipinski definition) is 0. The van der Waals surface area contributed by atoms with Crippen molar-refractivity contribution in [3.05, 3.63) is 64.4 Å². The van der Waals surface area contributed by atoms with Gasteiger partial charge < -0.3 is 4.42 Å². The quantitative estimate of drug-likeness (QED) is 0.581. The van der Waals surface area contributed by atoms with Crippen LogP contribution in [0, 0.1) is 0 Å². The molecule has 0 aliphatic heterocycles. The van der Waals surface area contributed by atoms with Crippen LogP contribution in [-0.4, -0.2) is 19.7 Å². The van der Waals surface area contributed by atoms with E-state index < -0.39 is 0 Å². The molecule has 3 heterocycles. The minimum absolute atomic E-state index is 0.106. The molecule has 0 N–H and O–H groups in total. The molecule has 0 bridgehead atoms. The molecule has 1 aromatic carbocycles. The fourth-order valence-corrected chi connectivity index (χ4v) is 2.89. The van der Waals surface area contributed by atoms with E-state index in [4.69, 9.17) is 4.42 Å². The van der Waals surface area contributed by atoms with Gasteiger partial charge in [0.15, 0.2) is 0 Å². The Hall–Kier alpha value is -2.80. The molecule has 4 aromatic rings. The summed E-state index contributed by atoms with van der Waals surface area (Å²) in [6.45, 7) is 0.206. The summed E-state index contributed by atoms with van der Waals surface area (Å²) in [4.78, 5) is 17.3. The molecular weight excluding hydrogens is 300 g/mol. The predicted octanol–water partition coefficient (Wildman–Crippen LogP) is 2.56. The Kier molecular flexibility index (Phi) is 3.05. The van der Waals surface area contributed by atoms with Crippen molar-refractivity contribution in [2.45, 2.75) is 6.54 Å². The second-order valence-electron chi connectivity index (χ2n) is 4.68. The van der Waals surface area contributed by atoms with Crippen LogP contribution in [0.1, 0.15) is 5.89 Å². The number of rotatable bonds is 3. The van der Waals surface area contributed by atoms with E-state index in [-0.39, 0.29) is 12.1 Å². The zero-order chi connectivity index (χ0) is 14.9. The number of nitrogens with zero attached hydrogens (tertiary/aromatic N) is 4. The summed E-state index contributed by atoms with van der Waals surface area (Å²) >= 11 is 1.44. The van der Waals surface area contributed by atoms with Crippen LogP contribution in [0.4, 0.5) is 0 Å². The van der Waals surface area contributed by atoms with Crippen LogP contribution >= 0.6 is 11.3 Å². The number of aromatic nitrogens is 4. The highest BCUT2D eigenvalue weighted by molar-refractivity contribution is 7.16. The van der Waals surface area contributed by atoms with E-state index >= 15 is 0 Å². The molecule has 0 unspecified atom stereocenters. The molecular formula is C15H10N4O2S. The number of fused-ring (bicyclic) bond motifs is 1. The Morgan fingerprint density at radius 1 is 1.14 bits per heavy atom. The van der Waals surface area contributed by atoms with Crippen molar-refractivity contribution >= 4 is 21.6 Å². The fraction of sp³-hybridized carbons (Fsp3) is 0.0667. The summed E-state index contributed by atoms with van der Waals surface area (Å²) in [6.07, 6.45) is 1.51. The topological polar surface area (TPSA) is 73.8 Å². The van der Waals surface area contributed by atoms with Crippen molar-refractivity contribution in [3.63, 3.8) is 0 Å². The highest BCUT2D eigenvalue weighted by Crippen LogP contribution is 2.17. The number of benzene rings is 1. The van der Waals surface area contributed by atoms with E-state index in [0.717, 1.165) is 10.4 Å². The maximum atomic E-state index is 12.3. The van der Waals surface area contributed by atoms with E-state index in [2.05, 4.69) is 15.2 Å². The third kappa shape index (κ3) is 2.21. The van der Waals surface area contributed by atoms with E-state index in [1.54, 1.807) is 6.07 Å². The molecule has 0 aliphatic rings. The summed E-state index contributed by atoms with van der Waals surface area (Å²) in [6, 6.07) is 11.3. The standard InChI is InChI=1S/C15H10N4O2S/c20-15-11-6-7-22-14(11)16-9-19(15)8-12-17-18-13(21-12)10-4-2-1-3-5-10/h1-7,9H,8H2. The van der Waals surface area contributed by atoms with Crippen molar-refractivity contribution in [2.75, 3.05) is 0 Å². The lowest BCUT2D eigenvalue weighted by Crippen LogP contribution is -2.20. The van der Waals surface area contributed by atoms with Gasteiger partial charge >= 0.3 is 0 Å². The molecule has 7 heteroatoms. The summed E-state index contributed by atoms with van der Waals surface area (Å²) in [7, 11) is 0. The summed E-state index contributed by atoms with van der Waals surface area (Å²) < 4.78 is 7.08. The Morgan fingerprint density at radius 2 is 2.00 bits per heavy atom. The van der Waals surface area contributed by atoms with Crippen LogP contribution in [0.15, 0.2) is 57.3 Å². The first-order valence-electron chi connectivity index (χ1n) is 6.62. The molecule has 4 rings (SSSR count). The summed E-state index contributed by atoms with van der Waals surface area (Å²) in [5.41, 5.74) is 0.741. The van der Waals surface area contributed by atoms with Gasteiger partial charge in [0.25, 0.3) is 5.56 Å². The van der Waals surface area contributed by atoms with E-state index in [9.17, 15) is 4.79 Å². The Morgan fingerprint density at radius 3 is 2.86 bits per heavy atom. The molecule has 0 radical (unpaired) electrons. The first-order chi connectivity index (χ1) is 10.8. The van der Waals surface area contributed by atoms with Gasteiger partial charge in [0.1, 0.15) is 11.4 Å². The van der Waals surface area contributed by atoms with Gasteiger partial charge in [-0.05, 0) is 23.6 Å². The van der Waals surface area contributed by atoms with Gasteiger partial charge in [0.2, 0.25) is 11.8 Å².